The summed E-state index contributed by atoms with van der Waals surface area (Å²) in [7, 11) is 0. The lowest BCUT2D eigenvalue weighted by Crippen LogP contribution is -2.39. The molecule has 0 radical (unpaired) electrons. The van der Waals surface area contributed by atoms with Crippen LogP contribution in [-0.4, -0.2) is 35.0 Å². The first-order chi connectivity index (χ1) is 12.1. The van der Waals surface area contributed by atoms with E-state index in [1.54, 1.807) is 12.3 Å². The summed E-state index contributed by atoms with van der Waals surface area (Å²) in [6.45, 7) is 5.04. The number of pyridine rings is 1. The summed E-state index contributed by atoms with van der Waals surface area (Å²) in [4.78, 5) is 16.4. The van der Waals surface area contributed by atoms with Crippen LogP contribution in [0.4, 0.5) is 5.69 Å². The number of carbonyl (C=O) groups excluding carboxylic acids is 1. The maximum atomic E-state index is 12.1. The van der Waals surface area contributed by atoms with Crippen LogP contribution >= 0.6 is 36.6 Å². The fourth-order valence-electron chi connectivity index (χ4n) is 2.65. The van der Waals surface area contributed by atoms with Gasteiger partial charge in [-0.05, 0) is 37.1 Å². The van der Waals surface area contributed by atoms with Gasteiger partial charge in [0.1, 0.15) is 5.75 Å². The highest BCUT2D eigenvalue weighted by Gasteiger charge is 2.16. The van der Waals surface area contributed by atoms with Crippen LogP contribution in [0.1, 0.15) is 17.5 Å². The maximum Gasteiger partial charge on any atom is 0.226 e. The zero-order valence-electron chi connectivity index (χ0n) is 15.4. The number of anilines is 1. The number of rotatable bonds is 5. The second kappa shape index (κ2) is 11.4. The van der Waals surface area contributed by atoms with Gasteiger partial charge in [0.05, 0.1) is 11.9 Å². The molecule has 1 aromatic carbocycles. The minimum Gasteiger partial charge on any atom is -0.439 e. The van der Waals surface area contributed by atoms with E-state index in [4.69, 9.17) is 4.74 Å². The minimum atomic E-state index is 0. The molecule has 5 nitrogen and oxygen atoms in total. The van der Waals surface area contributed by atoms with Gasteiger partial charge in [-0.25, -0.2) is 4.98 Å². The number of ether oxygens (including phenoxy) is 1. The number of aromatic nitrogens is 1. The van der Waals surface area contributed by atoms with Crippen LogP contribution in [0.3, 0.4) is 0 Å². The molecule has 1 fully saturated rings. The zero-order chi connectivity index (χ0) is 17.6. The van der Waals surface area contributed by atoms with Crippen LogP contribution < -0.4 is 15.4 Å². The molecular formula is C19H25Cl2N3O2S. The molecule has 0 bridgehead atoms. The number of carbonyl (C=O) groups is 1. The fourth-order valence-corrected chi connectivity index (χ4v) is 3.60. The van der Waals surface area contributed by atoms with Crippen molar-refractivity contribution >= 4 is 48.2 Å². The summed E-state index contributed by atoms with van der Waals surface area (Å²) in [5.41, 5.74) is 2.96. The molecule has 2 heterocycles. The highest BCUT2D eigenvalue weighted by atomic mass is 35.5. The number of nitrogens with zero attached hydrogens (tertiary/aromatic N) is 1. The Kier molecular flexibility index (Phi) is 9.94. The van der Waals surface area contributed by atoms with Gasteiger partial charge in [0.15, 0.2) is 0 Å². The molecule has 1 amide bonds. The Hall–Kier alpha value is -1.47. The first kappa shape index (κ1) is 23.6. The van der Waals surface area contributed by atoms with Crippen molar-refractivity contribution in [2.45, 2.75) is 26.3 Å². The number of aryl methyl sites for hydroxylation is 1. The number of hydrogen-bond donors (Lipinski definition) is 2. The number of halogens is 2. The van der Waals surface area contributed by atoms with Crippen molar-refractivity contribution in [3.05, 3.63) is 47.7 Å². The Labute approximate surface area is 176 Å². The van der Waals surface area contributed by atoms with Gasteiger partial charge in [0, 0.05) is 36.6 Å². The summed E-state index contributed by atoms with van der Waals surface area (Å²) in [5, 5.41) is 6.26. The molecule has 148 valence electrons. The molecule has 8 heteroatoms. The first-order valence-electron chi connectivity index (χ1n) is 8.43. The molecule has 1 aromatic heterocycles. The largest absolute Gasteiger partial charge is 0.439 e. The van der Waals surface area contributed by atoms with Crippen LogP contribution in [-0.2, 0) is 4.79 Å². The van der Waals surface area contributed by atoms with Crippen LogP contribution in [0.2, 0.25) is 0 Å². The van der Waals surface area contributed by atoms with Crippen molar-refractivity contribution in [1.29, 1.82) is 0 Å². The Morgan fingerprint density at radius 1 is 1.30 bits per heavy atom. The van der Waals surface area contributed by atoms with E-state index < -0.39 is 0 Å². The van der Waals surface area contributed by atoms with Gasteiger partial charge in [-0.15, -0.1) is 24.8 Å². The van der Waals surface area contributed by atoms with Gasteiger partial charge in [-0.2, -0.15) is 11.8 Å². The third kappa shape index (κ3) is 6.88. The predicted molar refractivity (Wildman–Crippen MR) is 117 cm³/mol. The predicted octanol–water partition coefficient (Wildman–Crippen LogP) is 4.37. The Morgan fingerprint density at radius 2 is 2.11 bits per heavy atom. The number of amides is 1. The molecule has 2 N–H and O–H groups in total. The normalized spacial score (nSPS) is 15.9. The SMILES string of the molecule is Cc1cccc(Oc2ccc(NC(=O)CC3CSCCN3)cn2)c1C.Cl.Cl. The smallest absolute Gasteiger partial charge is 0.226 e. The second-order valence-corrected chi connectivity index (χ2v) is 7.31. The van der Waals surface area contributed by atoms with Crippen LogP contribution in [0.25, 0.3) is 0 Å². The van der Waals surface area contributed by atoms with Crippen molar-refractivity contribution in [1.82, 2.24) is 10.3 Å². The Morgan fingerprint density at radius 3 is 2.78 bits per heavy atom. The molecule has 27 heavy (non-hydrogen) atoms. The summed E-state index contributed by atoms with van der Waals surface area (Å²) < 4.78 is 5.83. The van der Waals surface area contributed by atoms with E-state index in [9.17, 15) is 4.79 Å². The van der Waals surface area contributed by atoms with Crippen molar-refractivity contribution in [2.24, 2.45) is 0 Å². The summed E-state index contributed by atoms with van der Waals surface area (Å²) in [5.74, 6) is 3.41. The molecule has 1 aliphatic rings. The van der Waals surface area contributed by atoms with Crippen LogP contribution in [0.5, 0.6) is 11.6 Å². The number of hydrogen-bond acceptors (Lipinski definition) is 5. The monoisotopic (exact) mass is 429 g/mol. The maximum absolute atomic E-state index is 12.1. The topological polar surface area (TPSA) is 63.2 Å². The molecule has 1 atom stereocenters. The van der Waals surface area contributed by atoms with E-state index in [0.717, 1.165) is 29.4 Å². The molecule has 0 saturated carbocycles. The Bertz CT molecular complexity index is 738. The highest BCUT2D eigenvalue weighted by molar-refractivity contribution is 7.99. The molecular weight excluding hydrogens is 405 g/mol. The van der Waals surface area contributed by atoms with E-state index in [1.165, 1.54) is 5.56 Å². The molecule has 1 saturated heterocycles. The molecule has 1 aliphatic heterocycles. The summed E-state index contributed by atoms with van der Waals surface area (Å²) in [6.07, 6.45) is 2.11. The van der Waals surface area contributed by atoms with Gasteiger partial charge in [0.2, 0.25) is 11.8 Å². The summed E-state index contributed by atoms with van der Waals surface area (Å²) >= 11 is 1.88. The molecule has 2 aromatic rings. The number of thioether (sulfide) groups is 1. The average Bonchev–Trinajstić information content (AvgIpc) is 2.61. The third-order valence-corrected chi connectivity index (χ3v) is 5.35. The van der Waals surface area contributed by atoms with Crippen molar-refractivity contribution in [3.8, 4) is 11.6 Å². The first-order valence-corrected chi connectivity index (χ1v) is 9.58. The molecule has 0 spiro atoms. The fraction of sp³-hybridized carbons (Fsp3) is 0.368. The zero-order valence-corrected chi connectivity index (χ0v) is 17.8. The van der Waals surface area contributed by atoms with E-state index in [1.807, 2.05) is 49.9 Å². The second-order valence-electron chi connectivity index (χ2n) is 6.16. The molecule has 0 aliphatic carbocycles. The lowest BCUT2D eigenvalue weighted by molar-refractivity contribution is -0.116. The van der Waals surface area contributed by atoms with Gasteiger partial charge >= 0.3 is 0 Å². The minimum absolute atomic E-state index is 0. The van der Waals surface area contributed by atoms with Gasteiger partial charge in [0.25, 0.3) is 0 Å². The van der Waals surface area contributed by atoms with Gasteiger partial charge in [-0.1, -0.05) is 12.1 Å². The van der Waals surface area contributed by atoms with E-state index in [-0.39, 0.29) is 36.8 Å². The molecule has 1 unspecified atom stereocenters. The number of nitrogens with one attached hydrogen (secondary N) is 2. The van der Waals surface area contributed by atoms with E-state index in [2.05, 4.69) is 15.6 Å². The molecule has 3 rings (SSSR count). The van der Waals surface area contributed by atoms with Gasteiger partial charge < -0.3 is 15.4 Å². The standard InChI is InChI=1S/C19H23N3O2S.2ClH/c1-13-4-3-5-17(14(13)2)24-19-7-6-15(11-21-19)22-18(23)10-16-12-25-9-8-20-16;;/h3-7,11,16,20H,8-10,12H2,1-2H3,(H,22,23);2*1H. The van der Waals surface area contributed by atoms with Gasteiger partial charge in [-0.3, -0.25) is 4.79 Å². The lowest BCUT2D eigenvalue weighted by atomic mass is 10.1. The van der Waals surface area contributed by atoms with Crippen LogP contribution in [0, 0.1) is 13.8 Å². The third-order valence-electron chi connectivity index (χ3n) is 4.22. The van der Waals surface area contributed by atoms with Crippen molar-refractivity contribution in [2.75, 3.05) is 23.4 Å². The lowest BCUT2D eigenvalue weighted by Gasteiger charge is -2.22. The van der Waals surface area contributed by atoms with Crippen LogP contribution in [0.15, 0.2) is 36.5 Å². The quantitative estimate of drug-likeness (QED) is 0.738. The van der Waals surface area contributed by atoms with Crippen molar-refractivity contribution in [3.63, 3.8) is 0 Å². The van der Waals surface area contributed by atoms with Crippen molar-refractivity contribution < 1.29 is 9.53 Å². The Balaban J connectivity index is 0.00000182. The highest BCUT2D eigenvalue weighted by Crippen LogP contribution is 2.26. The average molecular weight is 430 g/mol. The summed E-state index contributed by atoms with van der Waals surface area (Å²) in [6, 6.07) is 9.77. The number of benzene rings is 1. The van der Waals surface area contributed by atoms with E-state index >= 15 is 0 Å². The van der Waals surface area contributed by atoms with E-state index in [0.29, 0.717) is 18.0 Å².